The molecule has 1 aromatic rings. The van der Waals surface area contributed by atoms with Gasteiger partial charge in [-0.05, 0) is 24.6 Å². The van der Waals surface area contributed by atoms with Gasteiger partial charge >= 0.3 is 5.97 Å². The zero-order valence-electron chi connectivity index (χ0n) is 9.23. The van der Waals surface area contributed by atoms with Crippen molar-refractivity contribution in [1.82, 2.24) is 0 Å². The van der Waals surface area contributed by atoms with Crippen LogP contribution in [0.1, 0.15) is 17.0 Å². The highest BCUT2D eigenvalue weighted by Gasteiger charge is 2.23. The lowest BCUT2D eigenvalue weighted by Gasteiger charge is -2.15. The highest BCUT2D eigenvalue weighted by atomic mass is 16.5. The van der Waals surface area contributed by atoms with E-state index in [-0.39, 0.29) is 12.3 Å². The first kappa shape index (κ1) is 12.3. The third-order valence-electron chi connectivity index (χ3n) is 2.46. The molecule has 16 heavy (non-hydrogen) atoms. The van der Waals surface area contributed by atoms with Crippen LogP contribution >= 0.6 is 0 Å². The van der Waals surface area contributed by atoms with Crippen LogP contribution in [0.5, 0.6) is 11.5 Å². The van der Waals surface area contributed by atoms with Crippen molar-refractivity contribution in [3.63, 3.8) is 0 Å². The van der Waals surface area contributed by atoms with Crippen LogP contribution in [-0.4, -0.2) is 29.8 Å². The van der Waals surface area contributed by atoms with Crippen molar-refractivity contribution in [2.24, 2.45) is 5.73 Å². The summed E-state index contributed by atoms with van der Waals surface area (Å²) < 4.78 is 5.08. The van der Waals surface area contributed by atoms with Crippen molar-refractivity contribution < 1.29 is 19.7 Å². The Hall–Kier alpha value is -1.75. The van der Waals surface area contributed by atoms with Crippen molar-refractivity contribution in [2.45, 2.75) is 12.8 Å². The molecule has 1 unspecified atom stereocenters. The standard InChI is InChI=1S/C11H15NO4/c1-6-3-10(16-2)7(4-9(6)13)8(5-12)11(14)15/h3-4,8,13H,5,12H2,1-2H3,(H,14,15). The molecule has 1 aromatic carbocycles. The molecule has 0 bridgehead atoms. The number of hydrogen-bond donors (Lipinski definition) is 3. The highest BCUT2D eigenvalue weighted by molar-refractivity contribution is 5.78. The van der Waals surface area contributed by atoms with E-state index >= 15 is 0 Å². The first-order valence-corrected chi connectivity index (χ1v) is 4.81. The van der Waals surface area contributed by atoms with Crippen molar-refractivity contribution in [3.8, 4) is 11.5 Å². The molecule has 0 fully saturated rings. The third kappa shape index (κ3) is 2.25. The first-order valence-electron chi connectivity index (χ1n) is 4.81. The van der Waals surface area contributed by atoms with E-state index in [4.69, 9.17) is 15.6 Å². The lowest BCUT2D eigenvalue weighted by Crippen LogP contribution is -2.21. The molecule has 0 aliphatic rings. The summed E-state index contributed by atoms with van der Waals surface area (Å²) in [6, 6.07) is 2.98. The minimum atomic E-state index is -1.04. The predicted molar refractivity (Wildman–Crippen MR) is 58.8 cm³/mol. The quantitative estimate of drug-likeness (QED) is 0.706. The molecule has 0 aliphatic heterocycles. The van der Waals surface area contributed by atoms with Crippen molar-refractivity contribution in [1.29, 1.82) is 0 Å². The van der Waals surface area contributed by atoms with E-state index in [0.29, 0.717) is 16.9 Å². The predicted octanol–water partition coefficient (Wildman–Crippen LogP) is 0.836. The number of carbonyl (C=O) groups is 1. The second kappa shape index (κ2) is 4.85. The van der Waals surface area contributed by atoms with Gasteiger partial charge in [-0.25, -0.2) is 0 Å². The average molecular weight is 225 g/mol. The maximum atomic E-state index is 11.0. The number of hydrogen-bond acceptors (Lipinski definition) is 4. The lowest BCUT2D eigenvalue weighted by atomic mass is 9.96. The van der Waals surface area contributed by atoms with E-state index in [1.807, 2.05) is 0 Å². The van der Waals surface area contributed by atoms with Gasteiger partial charge in [-0.1, -0.05) is 0 Å². The summed E-state index contributed by atoms with van der Waals surface area (Å²) in [7, 11) is 1.45. The van der Waals surface area contributed by atoms with Gasteiger partial charge in [0.25, 0.3) is 0 Å². The summed E-state index contributed by atoms with van der Waals surface area (Å²) in [5, 5.41) is 18.5. The monoisotopic (exact) mass is 225 g/mol. The molecule has 1 rings (SSSR count). The fourth-order valence-corrected chi connectivity index (χ4v) is 1.50. The molecular weight excluding hydrogens is 210 g/mol. The molecule has 0 amide bonds. The van der Waals surface area contributed by atoms with Crippen LogP contribution in [0.3, 0.4) is 0 Å². The largest absolute Gasteiger partial charge is 0.508 e. The zero-order valence-corrected chi connectivity index (χ0v) is 9.23. The van der Waals surface area contributed by atoms with Gasteiger partial charge in [0.1, 0.15) is 11.5 Å². The third-order valence-corrected chi connectivity index (χ3v) is 2.46. The molecule has 0 spiro atoms. The van der Waals surface area contributed by atoms with E-state index in [9.17, 15) is 9.90 Å². The van der Waals surface area contributed by atoms with Crippen LogP contribution in [0.2, 0.25) is 0 Å². The molecule has 4 N–H and O–H groups in total. The zero-order chi connectivity index (χ0) is 12.3. The number of carboxylic acids is 1. The van der Waals surface area contributed by atoms with Crippen molar-refractivity contribution >= 4 is 5.97 Å². The number of carboxylic acid groups (broad SMARTS) is 1. The smallest absolute Gasteiger partial charge is 0.312 e. The van der Waals surface area contributed by atoms with Gasteiger partial charge in [0.15, 0.2) is 0 Å². The molecule has 0 aromatic heterocycles. The fourth-order valence-electron chi connectivity index (χ4n) is 1.50. The molecule has 5 heteroatoms. The first-order chi connectivity index (χ1) is 7.51. The summed E-state index contributed by atoms with van der Waals surface area (Å²) in [5.74, 6) is -1.45. The number of aromatic hydroxyl groups is 1. The minimum Gasteiger partial charge on any atom is -0.508 e. The van der Waals surface area contributed by atoms with Gasteiger partial charge in [0.2, 0.25) is 0 Å². The van der Waals surface area contributed by atoms with Gasteiger partial charge < -0.3 is 20.7 Å². The lowest BCUT2D eigenvalue weighted by molar-refractivity contribution is -0.138. The molecule has 0 radical (unpaired) electrons. The Morgan fingerprint density at radius 1 is 1.56 bits per heavy atom. The number of aliphatic carboxylic acids is 1. The van der Waals surface area contributed by atoms with Crippen LogP contribution in [-0.2, 0) is 4.79 Å². The molecule has 0 heterocycles. The fraction of sp³-hybridized carbons (Fsp3) is 0.364. The molecule has 0 saturated heterocycles. The number of phenols is 1. The molecule has 0 aliphatic carbocycles. The summed E-state index contributed by atoms with van der Waals surface area (Å²) in [6.45, 7) is 1.66. The average Bonchev–Trinajstić information content (AvgIpc) is 2.23. The van der Waals surface area contributed by atoms with Crippen molar-refractivity contribution in [2.75, 3.05) is 13.7 Å². The molecule has 5 nitrogen and oxygen atoms in total. The Morgan fingerprint density at radius 3 is 2.62 bits per heavy atom. The number of aryl methyl sites for hydroxylation is 1. The molecule has 88 valence electrons. The summed E-state index contributed by atoms with van der Waals surface area (Å²) in [5.41, 5.74) is 6.42. The maximum absolute atomic E-state index is 11.0. The number of benzene rings is 1. The molecular formula is C11H15NO4. The van der Waals surface area contributed by atoms with Gasteiger partial charge in [0, 0.05) is 12.1 Å². The molecule has 0 saturated carbocycles. The van der Waals surface area contributed by atoms with Gasteiger partial charge in [0.05, 0.1) is 13.0 Å². The second-order valence-electron chi connectivity index (χ2n) is 3.51. The van der Waals surface area contributed by atoms with Gasteiger partial charge in [-0.3, -0.25) is 4.79 Å². The molecule has 1 atom stereocenters. The minimum absolute atomic E-state index is 0.0375. The second-order valence-corrected chi connectivity index (χ2v) is 3.51. The summed E-state index contributed by atoms with van der Waals surface area (Å²) >= 11 is 0. The van der Waals surface area contributed by atoms with Gasteiger partial charge in [-0.2, -0.15) is 0 Å². The van der Waals surface area contributed by atoms with E-state index < -0.39 is 11.9 Å². The van der Waals surface area contributed by atoms with E-state index in [1.165, 1.54) is 13.2 Å². The summed E-state index contributed by atoms with van der Waals surface area (Å²) in [4.78, 5) is 11.0. The Labute approximate surface area is 93.5 Å². The Morgan fingerprint density at radius 2 is 2.19 bits per heavy atom. The SMILES string of the molecule is COc1cc(C)c(O)cc1C(CN)C(=O)O. The van der Waals surface area contributed by atoms with Gasteiger partial charge in [-0.15, -0.1) is 0 Å². The Balaban J connectivity index is 3.30. The number of methoxy groups -OCH3 is 1. The topological polar surface area (TPSA) is 92.8 Å². The maximum Gasteiger partial charge on any atom is 0.312 e. The number of nitrogens with two attached hydrogens (primary N) is 1. The Kier molecular flexibility index (Phi) is 3.73. The van der Waals surface area contributed by atoms with Crippen LogP contribution in [0.15, 0.2) is 12.1 Å². The van der Waals surface area contributed by atoms with Crippen LogP contribution in [0, 0.1) is 6.92 Å². The van der Waals surface area contributed by atoms with E-state index in [1.54, 1.807) is 13.0 Å². The number of rotatable bonds is 4. The van der Waals surface area contributed by atoms with Crippen LogP contribution < -0.4 is 10.5 Å². The Bertz CT molecular complexity index is 403. The van der Waals surface area contributed by atoms with Crippen molar-refractivity contribution in [3.05, 3.63) is 23.3 Å². The summed E-state index contributed by atoms with van der Waals surface area (Å²) in [6.07, 6.45) is 0. The van der Waals surface area contributed by atoms with Crippen LogP contribution in [0.4, 0.5) is 0 Å². The van der Waals surface area contributed by atoms with E-state index in [0.717, 1.165) is 0 Å². The van der Waals surface area contributed by atoms with Crippen LogP contribution in [0.25, 0.3) is 0 Å². The highest BCUT2D eigenvalue weighted by Crippen LogP contribution is 2.32. The number of ether oxygens (including phenoxy) is 1. The number of phenolic OH excluding ortho intramolecular Hbond substituents is 1. The van der Waals surface area contributed by atoms with E-state index in [2.05, 4.69) is 0 Å². The normalized spacial score (nSPS) is 12.2.